The minimum Gasteiger partial charge on any atom is -0.390 e. The molecule has 1 aromatic rings. The van der Waals surface area contributed by atoms with E-state index < -0.39 is 0 Å². The third-order valence-corrected chi connectivity index (χ3v) is 2.76. The van der Waals surface area contributed by atoms with Crippen LogP contribution in [0.1, 0.15) is 25.3 Å². The Morgan fingerprint density at radius 1 is 1.24 bits per heavy atom. The van der Waals surface area contributed by atoms with Crippen LogP contribution in [-0.2, 0) is 0 Å². The molecule has 0 saturated heterocycles. The average molecular weight is 236 g/mol. The number of anilines is 1. The molecule has 1 atom stereocenters. The van der Waals surface area contributed by atoms with Gasteiger partial charge < -0.3 is 15.7 Å². The topological polar surface area (TPSA) is 44.3 Å². The number of unbranched alkanes of at least 4 members (excludes halogenated alkanes) is 1. The van der Waals surface area contributed by atoms with Crippen LogP contribution in [0.3, 0.4) is 0 Å². The second-order valence-corrected chi connectivity index (χ2v) is 4.41. The second-order valence-electron chi connectivity index (χ2n) is 4.41. The highest BCUT2D eigenvalue weighted by molar-refractivity contribution is 5.50. The van der Waals surface area contributed by atoms with Crippen LogP contribution in [0.25, 0.3) is 0 Å². The number of benzene rings is 1. The molecule has 1 unspecified atom stereocenters. The fourth-order valence-corrected chi connectivity index (χ4v) is 1.64. The number of aliphatic hydroxyl groups excluding tert-OH is 1. The third-order valence-electron chi connectivity index (χ3n) is 2.76. The van der Waals surface area contributed by atoms with E-state index in [2.05, 4.69) is 30.5 Å². The number of nitrogens with one attached hydrogen (secondary N) is 2. The third kappa shape index (κ3) is 5.71. The zero-order valence-corrected chi connectivity index (χ0v) is 10.9. The zero-order chi connectivity index (χ0) is 12.5. The first kappa shape index (κ1) is 14.0. The summed E-state index contributed by atoms with van der Waals surface area (Å²) >= 11 is 0. The van der Waals surface area contributed by atoms with Gasteiger partial charge in [0.25, 0.3) is 0 Å². The van der Waals surface area contributed by atoms with E-state index in [4.69, 9.17) is 0 Å². The Bertz CT molecular complexity index is 315. The largest absolute Gasteiger partial charge is 0.390 e. The lowest BCUT2D eigenvalue weighted by molar-refractivity contribution is 0.184. The molecular formula is C14H24N2O. The molecule has 3 N–H and O–H groups in total. The summed E-state index contributed by atoms with van der Waals surface area (Å²) in [6.07, 6.45) is 2.01. The maximum atomic E-state index is 9.78. The van der Waals surface area contributed by atoms with Gasteiger partial charge in [-0.15, -0.1) is 0 Å². The van der Waals surface area contributed by atoms with Gasteiger partial charge in [0.2, 0.25) is 0 Å². The maximum Gasteiger partial charge on any atom is 0.0836 e. The molecule has 0 aliphatic heterocycles. The first-order valence-corrected chi connectivity index (χ1v) is 6.42. The SMILES string of the molecule is CCCCNCC(O)CNc1ccccc1C. The first-order chi connectivity index (χ1) is 8.24. The van der Waals surface area contributed by atoms with Gasteiger partial charge in [-0.1, -0.05) is 31.5 Å². The molecule has 0 heterocycles. The van der Waals surface area contributed by atoms with Gasteiger partial charge in [-0.05, 0) is 31.5 Å². The molecule has 0 amide bonds. The highest BCUT2D eigenvalue weighted by Gasteiger charge is 2.03. The Morgan fingerprint density at radius 2 is 2.00 bits per heavy atom. The predicted octanol–water partition coefficient (Wildman–Crippen LogP) is 2.16. The van der Waals surface area contributed by atoms with Gasteiger partial charge in [-0.25, -0.2) is 0 Å². The number of aryl methyl sites for hydroxylation is 1. The van der Waals surface area contributed by atoms with Crippen LogP contribution in [0, 0.1) is 6.92 Å². The van der Waals surface area contributed by atoms with E-state index in [-0.39, 0.29) is 6.10 Å². The number of aliphatic hydroxyl groups is 1. The number of rotatable bonds is 8. The molecule has 3 heteroatoms. The van der Waals surface area contributed by atoms with Gasteiger partial charge in [0, 0.05) is 18.8 Å². The van der Waals surface area contributed by atoms with Crippen LogP contribution in [-0.4, -0.2) is 30.8 Å². The second kappa shape index (κ2) is 8.09. The molecule has 17 heavy (non-hydrogen) atoms. The summed E-state index contributed by atoms with van der Waals surface area (Å²) in [5, 5.41) is 16.3. The van der Waals surface area contributed by atoms with Crippen LogP contribution >= 0.6 is 0 Å². The number of hydrogen-bond acceptors (Lipinski definition) is 3. The molecule has 0 radical (unpaired) electrons. The first-order valence-electron chi connectivity index (χ1n) is 6.42. The van der Waals surface area contributed by atoms with Crippen molar-refractivity contribution in [2.24, 2.45) is 0 Å². The van der Waals surface area contributed by atoms with Crippen molar-refractivity contribution in [3.05, 3.63) is 29.8 Å². The summed E-state index contributed by atoms with van der Waals surface area (Å²) in [5.74, 6) is 0. The van der Waals surface area contributed by atoms with Gasteiger partial charge in [-0.3, -0.25) is 0 Å². The fraction of sp³-hybridized carbons (Fsp3) is 0.571. The Balaban J connectivity index is 2.19. The van der Waals surface area contributed by atoms with Crippen LogP contribution in [0.5, 0.6) is 0 Å². The molecule has 0 spiro atoms. The van der Waals surface area contributed by atoms with E-state index in [1.165, 1.54) is 12.0 Å². The summed E-state index contributed by atoms with van der Waals surface area (Å²) in [5.41, 5.74) is 2.30. The van der Waals surface area contributed by atoms with Gasteiger partial charge in [0.05, 0.1) is 6.10 Å². The van der Waals surface area contributed by atoms with E-state index in [1.54, 1.807) is 0 Å². The molecule has 96 valence electrons. The van der Waals surface area contributed by atoms with Gasteiger partial charge in [0.1, 0.15) is 0 Å². The Hall–Kier alpha value is -1.06. The molecule has 0 fully saturated rings. The quantitative estimate of drug-likeness (QED) is 0.606. The average Bonchev–Trinajstić information content (AvgIpc) is 2.34. The monoisotopic (exact) mass is 236 g/mol. The summed E-state index contributed by atoms with van der Waals surface area (Å²) in [4.78, 5) is 0. The van der Waals surface area contributed by atoms with E-state index in [0.29, 0.717) is 13.1 Å². The summed E-state index contributed by atoms with van der Waals surface area (Å²) in [6.45, 7) is 6.45. The van der Waals surface area contributed by atoms with E-state index >= 15 is 0 Å². The summed E-state index contributed by atoms with van der Waals surface area (Å²) in [6, 6.07) is 8.12. The van der Waals surface area contributed by atoms with Crippen molar-refractivity contribution >= 4 is 5.69 Å². The van der Waals surface area contributed by atoms with Crippen molar-refractivity contribution in [1.82, 2.24) is 5.32 Å². The van der Waals surface area contributed by atoms with Crippen molar-refractivity contribution in [2.75, 3.05) is 25.0 Å². The smallest absolute Gasteiger partial charge is 0.0836 e. The Kier molecular flexibility index (Phi) is 6.67. The molecule has 0 saturated carbocycles. The molecule has 1 aromatic carbocycles. The fourth-order valence-electron chi connectivity index (χ4n) is 1.64. The maximum absolute atomic E-state index is 9.78. The molecular weight excluding hydrogens is 212 g/mol. The van der Waals surface area contributed by atoms with Crippen molar-refractivity contribution in [1.29, 1.82) is 0 Å². The lowest BCUT2D eigenvalue weighted by Crippen LogP contribution is -2.32. The minimum absolute atomic E-state index is 0.341. The lowest BCUT2D eigenvalue weighted by atomic mass is 10.2. The van der Waals surface area contributed by atoms with Crippen molar-refractivity contribution in [3.63, 3.8) is 0 Å². The molecule has 0 bridgehead atoms. The number of hydrogen-bond donors (Lipinski definition) is 3. The standard InChI is InChI=1S/C14H24N2O/c1-3-4-9-15-10-13(17)11-16-14-8-6-5-7-12(14)2/h5-8,13,15-17H,3-4,9-11H2,1-2H3. The normalized spacial score (nSPS) is 12.4. The van der Waals surface area contributed by atoms with Crippen molar-refractivity contribution in [3.8, 4) is 0 Å². The minimum atomic E-state index is -0.341. The van der Waals surface area contributed by atoms with Gasteiger partial charge in [0.15, 0.2) is 0 Å². The zero-order valence-electron chi connectivity index (χ0n) is 10.9. The van der Waals surface area contributed by atoms with Gasteiger partial charge in [-0.2, -0.15) is 0 Å². The summed E-state index contributed by atoms with van der Waals surface area (Å²) < 4.78 is 0. The summed E-state index contributed by atoms with van der Waals surface area (Å²) in [7, 11) is 0. The number of para-hydroxylation sites is 1. The van der Waals surface area contributed by atoms with Gasteiger partial charge >= 0.3 is 0 Å². The highest BCUT2D eigenvalue weighted by Crippen LogP contribution is 2.12. The van der Waals surface area contributed by atoms with Crippen LogP contribution in [0.15, 0.2) is 24.3 Å². The Morgan fingerprint density at radius 3 is 2.71 bits per heavy atom. The van der Waals surface area contributed by atoms with E-state index in [9.17, 15) is 5.11 Å². The van der Waals surface area contributed by atoms with E-state index in [1.807, 2.05) is 18.2 Å². The molecule has 0 aliphatic carbocycles. The molecule has 1 rings (SSSR count). The Labute approximate surface area is 104 Å². The molecule has 0 aromatic heterocycles. The van der Waals surface area contributed by atoms with Crippen molar-refractivity contribution < 1.29 is 5.11 Å². The van der Waals surface area contributed by atoms with E-state index in [0.717, 1.165) is 18.7 Å². The van der Waals surface area contributed by atoms with Crippen LogP contribution < -0.4 is 10.6 Å². The highest BCUT2D eigenvalue weighted by atomic mass is 16.3. The van der Waals surface area contributed by atoms with Crippen LogP contribution in [0.2, 0.25) is 0 Å². The van der Waals surface area contributed by atoms with Crippen molar-refractivity contribution in [2.45, 2.75) is 32.8 Å². The molecule has 3 nitrogen and oxygen atoms in total. The predicted molar refractivity (Wildman–Crippen MR) is 73.5 cm³/mol. The lowest BCUT2D eigenvalue weighted by Gasteiger charge is -2.14. The molecule has 0 aliphatic rings. The van der Waals surface area contributed by atoms with Crippen LogP contribution in [0.4, 0.5) is 5.69 Å².